The standard InChI is InChI=1S/C50H55ClF2N8O5/c1-59(25-5-6-26-64-40-19-21-42(22-20-40)66-41-17-15-38(16-18-41)60(46(62)28-51)31-35-7-3-2-4-8-35)30-36-11-13-39(14-12-36)61-32-43(47(58-61)48(52)53)56-49(63)44-33-65-50(57-44)37-23-24-54-45(27-37)55-29-34-9-10-34/h2-4,7-8,15-24,27,32-34,36,39,48H,5-6,9-14,25-26,28-31H2,1H3,(H,54,55)(H,56,63). The van der Waals surface area contributed by atoms with E-state index in [2.05, 4.69) is 37.6 Å². The maximum atomic E-state index is 14.2. The average Bonchev–Trinajstić information content (AvgIpc) is 3.86. The SMILES string of the molecule is CN(CCCCOc1ccc(Oc2ccc(N(Cc3ccccc3)C(=O)CCl)cc2)cc1)CC1CCC(n2cc(NC(=O)c3coc(-c4ccnc(NCC5CC5)c4)n3)c(C(F)F)n2)CC1. The molecule has 3 heterocycles. The molecule has 66 heavy (non-hydrogen) atoms. The molecule has 0 unspecified atom stereocenters. The number of carbonyl (C=O) groups is 2. The van der Waals surface area contributed by atoms with Gasteiger partial charge in [0, 0.05) is 36.7 Å². The second-order valence-electron chi connectivity index (χ2n) is 17.1. The molecular formula is C50H55ClF2N8O5. The number of ether oxygens (including phenoxy) is 2. The fraction of sp³-hybridized carbons (Fsp3) is 0.380. The van der Waals surface area contributed by atoms with Gasteiger partial charge in [-0.25, -0.2) is 18.7 Å². The molecule has 2 aliphatic carbocycles. The number of aromatic nitrogens is 4. The van der Waals surface area contributed by atoms with Crippen molar-refractivity contribution >= 4 is 40.6 Å². The Bertz CT molecular complexity index is 2490. The van der Waals surface area contributed by atoms with Gasteiger partial charge in [-0.2, -0.15) is 5.10 Å². The first-order valence-electron chi connectivity index (χ1n) is 22.6. The Hall–Kier alpha value is -6.32. The Morgan fingerprint density at radius 2 is 1.62 bits per heavy atom. The number of nitrogens with one attached hydrogen (secondary N) is 2. The summed E-state index contributed by atoms with van der Waals surface area (Å²) < 4.78 is 47.6. The lowest BCUT2D eigenvalue weighted by Gasteiger charge is -2.31. The highest BCUT2D eigenvalue weighted by molar-refractivity contribution is 6.29. The van der Waals surface area contributed by atoms with Crippen LogP contribution in [0.25, 0.3) is 11.5 Å². The summed E-state index contributed by atoms with van der Waals surface area (Å²) in [6.07, 6.45) is 9.35. The fourth-order valence-electron chi connectivity index (χ4n) is 8.17. The second-order valence-corrected chi connectivity index (χ2v) is 17.4. The van der Waals surface area contributed by atoms with E-state index in [9.17, 15) is 18.4 Å². The van der Waals surface area contributed by atoms with Crippen molar-refractivity contribution in [2.24, 2.45) is 11.8 Å². The third-order valence-corrected chi connectivity index (χ3v) is 12.2. The topological polar surface area (TPSA) is 140 Å². The fourth-order valence-corrected chi connectivity index (χ4v) is 8.32. The molecule has 0 spiro atoms. The molecule has 0 aliphatic heterocycles. The summed E-state index contributed by atoms with van der Waals surface area (Å²) in [7, 11) is 2.14. The van der Waals surface area contributed by atoms with Crippen LogP contribution in [0.5, 0.6) is 17.2 Å². The van der Waals surface area contributed by atoms with Crippen molar-refractivity contribution in [1.29, 1.82) is 0 Å². The van der Waals surface area contributed by atoms with E-state index < -0.39 is 18.0 Å². The summed E-state index contributed by atoms with van der Waals surface area (Å²) >= 11 is 5.92. The molecule has 0 atom stereocenters. The van der Waals surface area contributed by atoms with Crippen molar-refractivity contribution in [3.05, 3.63) is 127 Å². The quantitative estimate of drug-likeness (QED) is 0.0499. The highest BCUT2D eigenvalue weighted by atomic mass is 35.5. The highest BCUT2D eigenvalue weighted by Crippen LogP contribution is 2.36. The molecule has 0 bridgehead atoms. The third-order valence-electron chi connectivity index (χ3n) is 12.0. The van der Waals surface area contributed by atoms with Gasteiger partial charge in [0.15, 0.2) is 11.4 Å². The number of benzene rings is 3. The molecular weight excluding hydrogens is 866 g/mol. The van der Waals surface area contributed by atoms with Crippen LogP contribution in [0.15, 0.2) is 114 Å². The smallest absolute Gasteiger partial charge is 0.284 e. The Morgan fingerprint density at radius 1 is 0.909 bits per heavy atom. The van der Waals surface area contributed by atoms with Crippen LogP contribution in [0.1, 0.15) is 85.6 Å². The molecule has 2 amide bonds. The number of pyridine rings is 1. The third kappa shape index (κ3) is 12.7. The largest absolute Gasteiger partial charge is 0.494 e. The Labute approximate surface area is 388 Å². The van der Waals surface area contributed by atoms with Gasteiger partial charge in [-0.15, -0.1) is 11.6 Å². The van der Waals surface area contributed by atoms with E-state index in [0.717, 1.165) is 75.2 Å². The molecule has 346 valence electrons. The Morgan fingerprint density at radius 3 is 2.33 bits per heavy atom. The van der Waals surface area contributed by atoms with Crippen LogP contribution >= 0.6 is 11.6 Å². The van der Waals surface area contributed by atoms with E-state index in [4.69, 9.17) is 25.5 Å². The summed E-state index contributed by atoms with van der Waals surface area (Å²) in [4.78, 5) is 38.5. The van der Waals surface area contributed by atoms with Gasteiger partial charge in [0.2, 0.25) is 11.8 Å². The molecule has 13 nitrogen and oxygen atoms in total. The number of oxazole rings is 1. The first-order chi connectivity index (χ1) is 32.2. The summed E-state index contributed by atoms with van der Waals surface area (Å²) in [5.74, 6) is 3.23. The summed E-state index contributed by atoms with van der Waals surface area (Å²) in [6, 6.07) is 28.2. The number of halogens is 3. The minimum Gasteiger partial charge on any atom is -0.494 e. The molecule has 3 aromatic carbocycles. The number of unbranched alkanes of at least 4 members (excludes halogenated alkanes) is 1. The number of amides is 2. The molecule has 0 radical (unpaired) electrons. The molecule has 2 aliphatic rings. The van der Waals surface area contributed by atoms with Crippen LogP contribution in [0, 0.1) is 11.8 Å². The summed E-state index contributed by atoms with van der Waals surface area (Å²) in [5.41, 5.74) is 1.88. The van der Waals surface area contributed by atoms with Gasteiger partial charge < -0.3 is 34.3 Å². The lowest BCUT2D eigenvalue weighted by molar-refractivity contribution is -0.116. The van der Waals surface area contributed by atoms with Gasteiger partial charge in [-0.05, 0) is 143 Å². The Kier molecular flexibility index (Phi) is 15.6. The van der Waals surface area contributed by atoms with Crippen LogP contribution in [-0.2, 0) is 11.3 Å². The van der Waals surface area contributed by atoms with Gasteiger partial charge in [0.1, 0.15) is 35.2 Å². The first-order valence-corrected chi connectivity index (χ1v) is 23.1. The maximum Gasteiger partial charge on any atom is 0.284 e. The highest BCUT2D eigenvalue weighted by Gasteiger charge is 2.28. The number of hydrogen-bond acceptors (Lipinski definition) is 10. The van der Waals surface area contributed by atoms with Crippen LogP contribution < -0.4 is 25.0 Å². The van der Waals surface area contributed by atoms with E-state index in [1.54, 1.807) is 27.9 Å². The minimum absolute atomic E-state index is 0.0248. The monoisotopic (exact) mass is 920 g/mol. The number of carbonyl (C=O) groups excluding carboxylic acids is 2. The zero-order valence-electron chi connectivity index (χ0n) is 37.0. The molecule has 2 saturated carbocycles. The van der Waals surface area contributed by atoms with E-state index >= 15 is 0 Å². The zero-order chi connectivity index (χ0) is 45.8. The van der Waals surface area contributed by atoms with E-state index in [1.807, 2.05) is 78.9 Å². The summed E-state index contributed by atoms with van der Waals surface area (Å²) in [6.45, 7) is 3.76. The van der Waals surface area contributed by atoms with Gasteiger partial charge in [0.25, 0.3) is 12.3 Å². The molecule has 0 saturated heterocycles. The Balaban J connectivity index is 0.729. The number of anilines is 3. The van der Waals surface area contributed by atoms with Crippen molar-refractivity contribution < 1.29 is 32.3 Å². The molecule has 2 N–H and O–H groups in total. The second kappa shape index (κ2) is 22.2. The van der Waals surface area contributed by atoms with Gasteiger partial charge in [-0.3, -0.25) is 14.3 Å². The predicted octanol–water partition coefficient (Wildman–Crippen LogP) is 11.0. The van der Waals surface area contributed by atoms with Gasteiger partial charge in [0.05, 0.1) is 24.9 Å². The van der Waals surface area contributed by atoms with Crippen molar-refractivity contribution in [1.82, 2.24) is 24.6 Å². The molecule has 8 rings (SSSR count). The zero-order valence-corrected chi connectivity index (χ0v) is 37.7. The lowest BCUT2D eigenvalue weighted by atomic mass is 9.86. The minimum atomic E-state index is -2.86. The molecule has 2 fully saturated rings. The van der Waals surface area contributed by atoms with Crippen LogP contribution in [0.3, 0.4) is 0 Å². The van der Waals surface area contributed by atoms with E-state index in [-0.39, 0.29) is 35.1 Å². The van der Waals surface area contributed by atoms with E-state index in [0.29, 0.717) is 47.9 Å². The van der Waals surface area contributed by atoms with Crippen LogP contribution in [0.4, 0.5) is 26.0 Å². The van der Waals surface area contributed by atoms with Crippen molar-refractivity contribution in [3.63, 3.8) is 0 Å². The lowest BCUT2D eigenvalue weighted by Crippen LogP contribution is -2.31. The maximum absolute atomic E-state index is 14.2. The number of nitrogens with zero attached hydrogens (tertiary/aromatic N) is 6. The van der Waals surface area contributed by atoms with Crippen molar-refractivity contribution in [2.45, 2.75) is 70.4 Å². The van der Waals surface area contributed by atoms with Crippen molar-refractivity contribution in [3.8, 4) is 28.7 Å². The molecule has 3 aromatic heterocycles. The number of hydrogen-bond donors (Lipinski definition) is 2. The summed E-state index contributed by atoms with van der Waals surface area (Å²) in [5, 5.41) is 10.1. The van der Waals surface area contributed by atoms with Gasteiger partial charge >= 0.3 is 0 Å². The molecule has 16 heteroatoms. The normalized spacial score (nSPS) is 16.0. The van der Waals surface area contributed by atoms with Crippen LogP contribution in [-0.4, -0.2) is 75.6 Å². The average molecular weight is 921 g/mol. The van der Waals surface area contributed by atoms with Crippen molar-refractivity contribution in [2.75, 3.05) is 54.7 Å². The molecule has 6 aromatic rings. The van der Waals surface area contributed by atoms with E-state index in [1.165, 1.54) is 25.3 Å². The number of rotatable bonds is 22. The van der Waals surface area contributed by atoms with Gasteiger partial charge in [-0.1, -0.05) is 30.3 Å². The van der Waals surface area contributed by atoms with Crippen LogP contribution in [0.2, 0.25) is 0 Å². The predicted molar refractivity (Wildman–Crippen MR) is 251 cm³/mol. The first kappa shape index (κ1) is 46.2. The number of alkyl halides is 3.